The van der Waals surface area contributed by atoms with Crippen molar-refractivity contribution in [1.82, 2.24) is 9.97 Å². The average molecular weight is 460 g/mol. The highest BCUT2D eigenvalue weighted by Gasteiger charge is 2.26. The van der Waals surface area contributed by atoms with Gasteiger partial charge in [-0.2, -0.15) is 0 Å². The van der Waals surface area contributed by atoms with Crippen molar-refractivity contribution < 1.29 is 14.5 Å². The number of aromatic amines is 1. The lowest BCUT2D eigenvalue weighted by Gasteiger charge is -2.18. The van der Waals surface area contributed by atoms with Gasteiger partial charge in [-0.05, 0) is 24.3 Å². The van der Waals surface area contributed by atoms with E-state index in [2.05, 4.69) is 10.3 Å². The highest BCUT2D eigenvalue weighted by molar-refractivity contribution is 6.50. The van der Waals surface area contributed by atoms with E-state index >= 15 is 0 Å². The topological polar surface area (TPSA) is 118 Å². The molecule has 0 saturated heterocycles. The summed E-state index contributed by atoms with van der Waals surface area (Å²) >= 11 is 0. The van der Waals surface area contributed by atoms with Gasteiger partial charge in [0, 0.05) is 51.2 Å². The maximum Gasteiger partial charge on any atom is 0.269 e. The minimum atomic E-state index is -0.602. The predicted octanol–water partition coefficient (Wildman–Crippen LogP) is 5.51. The third-order valence-corrected chi connectivity index (χ3v) is 6.07. The number of allylic oxidation sites excluding steroid dienone is 1. The molecule has 8 heteroatoms. The number of carbonyl (C=O) groups excluding carboxylic acids is 2. The molecule has 8 nitrogen and oxygen atoms in total. The molecular formula is C27H16N4O4. The molecule has 0 bridgehead atoms. The van der Waals surface area contributed by atoms with Crippen LogP contribution in [0.1, 0.15) is 15.9 Å². The van der Waals surface area contributed by atoms with Crippen molar-refractivity contribution in [2.75, 3.05) is 5.32 Å². The second kappa shape index (κ2) is 7.74. The molecule has 3 aromatic carbocycles. The molecule has 168 valence electrons. The maximum absolute atomic E-state index is 12.3. The summed E-state index contributed by atoms with van der Waals surface area (Å²) in [5.41, 5.74) is 4.43. The zero-order chi connectivity index (χ0) is 24.1. The number of hydrogen-bond acceptors (Lipinski definition) is 6. The number of nitrogens with zero attached hydrogens (tertiary/aromatic N) is 2. The minimum Gasteiger partial charge on any atom is -0.353 e. The van der Waals surface area contributed by atoms with Gasteiger partial charge >= 0.3 is 0 Å². The zero-order valence-corrected chi connectivity index (χ0v) is 18.1. The number of aromatic nitrogens is 2. The Kier molecular flexibility index (Phi) is 4.53. The van der Waals surface area contributed by atoms with E-state index in [-0.39, 0.29) is 5.69 Å². The Morgan fingerprint density at radius 2 is 1.57 bits per heavy atom. The number of nitro groups is 1. The molecule has 2 N–H and O–H groups in total. The fourth-order valence-electron chi connectivity index (χ4n) is 4.42. The number of nitrogens with one attached hydrogen (secondary N) is 2. The molecule has 0 fully saturated rings. The van der Waals surface area contributed by atoms with Gasteiger partial charge in [0.15, 0.2) is 0 Å². The first-order valence-electron chi connectivity index (χ1n) is 10.8. The van der Waals surface area contributed by atoms with Crippen molar-refractivity contribution in [3.63, 3.8) is 0 Å². The number of benzene rings is 3. The van der Waals surface area contributed by atoms with Gasteiger partial charge < -0.3 is 10.3 Å². The summed E-state index contributed by atoms with van der Waals surface area (Å²) in [6.07, 6.45) is 1.29. The van der Waals surface area contributed by atoms with Gasteiger partial charge in [0.2, 0.25) is 11.6 Å². The Morgan fingerprint density at radius 3 is 2.34 bits per heavy atom. The van der Waals surface area contributed by atoms with E-state index in [1.54, 1.807) is 36.4 Å². The fraction of sp³-hybridized carbons (Fsp3) is 0. The number of para-hydroxylation sites is 1. The van der Waals surface area contributed by atoms with Crippen molar-refractivity contribution in [1.29, 1.82) is 0 Å². The van der Waals surface area contributed by atoms with Gasteiger partial charge in [-0.25, -0.2) is 4.98 Å². The van der Waals surface area contributed by atoms with Gasteiger partial charge in [-0.1, -0.05) is 42.5 Å². The van der Waals surface area contributed by atoms with E-state index in [0.29, 0.717) is 33.9 Å². The van der Waals surface area contributed by atoms with Crippen LogP contribution in [0.2, 0.25) is 0 Å². The number of Topliss-reactive ketones (excluding diaryl/α,β-unsaturated/α-hetero) is 1. The predicted molar refractivity (Wildman–Crippen MR) is 133 cm³/mol. The second-order valence-corrected chi connectivity index (χ2v) is 8.18. The normalized spacial score (nSPS) is 13.1. The van der Waals surface area contributed by atoms with E-state index in [9.17, 15) is 19.7 Å². The number of fused-ring (bicyclic) bond motifs is 4. The highest BCUT2D eigenvalue weighted by Crippen LogP contribution is 2.35. The molecule has 35 heavy (non-hydrogen) atoms. The Balaban J connectivity index is 1.54. The summed E-state index contributed by atoms with van der Waals surface area (Å²) in [5.74, 6) is -0.675. The molecule has 2 aromatic heterocycles. The van der Waals surface area contributed by atoms with Gasteiger partial charge in [0.25, 0.3) is 5.69 Å². The number of H-pyrrole nitrogens is 1. The van der Waals surface area contributed by atoms with Crippen LogP contribution in [0.15, 0.2) is 84.9 Å². The Labute approximate surface area is 198 Å². The van der Waals surface area contributed by atoms with E-state index in [4.69, 9.17) is 4.98 Å². The molecule has 0 radical (unpaired) electrons. The van der Waals surface area contributed by atoms with Crippen molar-refractivity contribution >= 4 is 50.6 Å². The average Bonchev–Trinajstić information content (AvgIpc) is 3.25. The molecule has 0 amide bonds. The summed E-state index contributed by atoms with van der Waals surface area (Å²) in [6.45, 7) is 0. The number of rotatable bonds is 4. The summed E-state index contributed by atoms with van der Waals surface area (Å²) < 4.78 is 0. The Hall–Kier alpha value is -5.11. The van der Waals surface area contributed by atoms with Crippen LogP contribution in [0.5, 0.6) is 0 Å². The van der Waals surface area contributed by atoms with Crippen LogP contribution in [-0.4, -0.2) is 26.5 Å². The first kappa shape index (κ1) is 20.5. The third-order valence-electron chi connectivity index (χ3n) is 6.07. The van der Waals surface area contributed by atoms with Crippen LogP contribution in [0, 0.1) is 10.1 Å². The van der Waals surface area contributed by atoms with Crippen LogP contribution in [0.25, 0.3) is 38.8 Å². The zero-order valence-electron chi connectivity index (χ0n) is 18.1. The largest absolute Gasteiger partial charge is 0.353 e. The molecule has 6 rings (SSSR count). The Bertz CT molecular complexity index is 1730. The summed E-state index contributed by atoms with van der Waals surface area (Å²) in [4.78, 5) is 43.5. The molecule has 0 aliphatic heterocycles. The van der Waals surface area contributed by atoms with Crippen LogP contribution in [0.4, 0.5) is 11.5 Å². The van der Waals surface area contributed by atoms with E-state index in [1.807, 2.05) is 30.3 Å². The molecule has 0 unspecified atom stereocenters. The monoisotopic (exact) mass is 460 g/mol. The molecule has 2 heterocycles. The fourth-order valence-corrected chi connectivity index (χ4v) is 4.42. The second-order valence-electron chi connectivity index (χ2n) is 8.18. The molecule has 1 aliphatic rings. The summed E-state index contributed by atoms with van der Waals surface area (Å²) in [7, 11) is 0. The van der Waals surface area contributed by atoms with Gasteiger partial charge in [-0.3, -0.25) is 19.7 Å². The first-order valence-corrected chi connectivity index (χ1v) is 10.8. The van der Waals surface area contributed by atoms with Gasteiger partial charge in [-0.15, -0.1) is 0 Å². The summed E-state index contributed by atoms with van der Waals surface area (Å²) in [6, 6.07) is 22.8. The molecular weight excluding hydrogens is 444 g/mol. The van der Waals surface area contributed by atoms with Crippen LogP contribution >= 0.6 is 0 Å². The number of nitro benzene ring substituents is 1. The van der Waals surface area contributed by atoms with E-state index < -0.39 is 16.5 Å². The number of non-ortho nitro benzene ring substituents is 1. The molecule has 0 atom stereocenters. The van der Waals surface area contributed by atoms with Crippen molar-refractivity contribution in [2.45, 2.75) is 0 Å². The standard InChI is InChI=1S/C27H16N4O4/c32-23-14-22(17-5-1-2-7-19(17)27(23)33)28-24-13-20-18-6-3-4-8-21(18)29-26(20)25(30-24)15-9-11-16(12-10-15)31(34)35/h1-14,29H,(H,28,30). The number of hydrogen-bond donors (Lipinski definition) is 2. The minimum absolute atomic E-state index is 0.0110. The molecule has 1 aliphatic carbocycles. The lowest BCUT2D eigenvalue weighted by Crippen LogP contribution is -2.21. The van der Waals surface area contributed by atoms with E-state index in [1.165, 1.54) is 18.2 Å². The lowest BCUT2D eigenvalue weighted by molar-refractivity contribution is -0.384. The number of ketones is 2. The quantitative estimate of drug-likeness (QED) is 0.207. The SMILES string of the molecule is O=C1C=C(Nc2cc3c([nH]c4ccccc43)c(-c3ccc([N+](=O)[O-])cc3)n2)c2ccccc2C1=O. The first-order chi connectivity index (χ1) is 17.0. The van der Waals surface area contributed by atoms with Gasteiger partial charge in [0.1, 0.15) is 5.82 Å². The highest BCUT2D eigenvalue weighted by atomic mass is 16.6. The number of pyridine rings is 1. The van der Waals surface area contributed by atoms with Crippen LogP contribution in [-0.2, 0) is 4.79 Å². The number of carbonyl (C=O) groups is 2. The Morgan fingerprint density at radius 1 is 0.857 bits per heavy atom. The lowest BCUT2D eigenvalue weighted by atomic mass is 9.93. The van der Waals surface area contributed by atoms with Gasteiger partial charge in [0.05, 0.1) is 21.8 Å². The molecule has 0 saturated carbocycles. The molecule has 5 aromatic rings. The number of anilines is 1. The van der Waals surface area contributed by atoms with Crippen LogP contribution < -0.4 is 5.32 Å². The van der Waals surface area contributed by atoms with Crippen LogP contribution in [0.3, 0.4) is 0 Å². The third kappa shape index (κ3) is 3.36. The maximum atomic E-state index is 12.3. The van der Waals surface area contributed by atoms with Crippen molar-refractivity contribution in [3.05, 3.63) is 106 Å². The summed E-state index contributed by atoms with van der Waals surface area (Å²) in [5, 5.41) is 16.2. The smallest absolute Gasteiger partial charge is 0.269 e. The van der Waals surface area contributed by atoms with Crippen molar-refractivity contribution in [2.24, 2.45) is 0 Å². The van der Waals surface area contributed by atoms with Crippen molar-refractivity contribution in [3.8, 4) is 11.3 Å². The molecule has 0 spiro atoms. The van der Waals surface area contributed by atoms with E-state index in [0.717, 1.165) is 21.8 Å².